The third-order valence-electron chi connectivity index (χ3n) is 4.49. The lowest BCUT2D eigenvalue weighted by Crippen LogP contribution is -2.40. The zero-order chi connectivity index (χ0) is 17.8. The van der Waals surface area contributed by atoms with Gasteiger partial charge in [-0.25, -0.2) is 0 Å². The van der Waals surface area contributed by atoms with Crippen LogP contribution in [0.4, 0.5) is 0 Å². The summed E-state index contributed by atoms with van der Waals surface area (Å²) in [6.07, 6.45) is 1.22. The summed E-state index contributed by atoms with van der Waals surface area (Å²) in [4.78, 5) is 27.6. The standard InChI is InChI=1S/C17H23N3O5/c21-14(19-8-10-2-1-5-18-7-10)6-12-15(22)16(23)13(25-12)9-20-17(24)11-3-4-11/h1-2,5,7,11-13,15-16,22-23H,3-4,6,8-9H2,(H,19,21)(H,20,24)/t12-,13-,15+,16-/m1/s1. The first-order valence-corrected chi connectivity index (χ1v) is 8.49. The summed E-state index contributed by atoms with van der Waals surface area (Å²) in [6.45, 7) is 0.459. The molecule has 25 heavy (non-hydrogen) atoms. The van der Waals surface area contributed by atoms with Crippen molar-refractivity contribution in [3.05, 3.63) is 30.1 Å². The minimum atomic E-state index is -1.16. The average molecular weight is 349 g/mol. The quantitative estimate of drug-likeness (QED) is 0.506. The van der Waals surface area contributed by atoms with Crippen LogP contribution in [0.15, 0.2) is 24.5 Å². The van der Waals surface area contributed by atoms with Crippen LogP contribution in [0, 0.1) is 5.92 Å². The van der Waals surface area contributed by atoms with Crippen molar-refractivity contribution in [1.82, 2.24) is 15.6 Å². The van der Waals surface area contributed by atoms with E-state index in [9.17, 15) is 19.8 Å². The van der Waals surface area contributed by atoms with E-state index in [4.69, 9.17) is 4.74 Å². The first kappa shape index (κ1) is 17.8. The number of carbonyl (C=O) groups excluding carboxylic acids is 2. The van der Waals surface area contributed by atoms with Crippen LogP contribution in [0.25, 0.3) is 0 Å². The molecule has 1 aliphatic carbocycles. The molecule has 1 aromatic rings. The smallest absolute Gasteiger partial charge is 0.223 e. The van der Waals surface area contributed by atoms with Crippen LogP contribution in [0.2, 0.25) is 0 Å². The molecule has 8 nitrogen and oxygen atoms in total. The maximum absolute atomic E-state index is 12.0. The lowest BCUT2D eigenvalue weighted by Gasteiger charge is -2.15. The van der Waals surface area contributed by atoms with Gasteiger partial charge in [-0.3, -0.25) is 14.6 Å². The van der Waals surface area contributed by atoms with Gasteiger partial charge in [0.05, 0.1) is 12.5 Å². The second-order valence-corrected chi connectivity index (χ2v) is 6.56. The van der Waals surface area contributed by atoms with Crippen molar-refractivity contribution >= 4 is 11.8 Å². The van der Waals surface area contributed by atoms with Crippen LogP contribution < -0.4 is 10.6 Å². The molecule has 1 saturated carbocycles. The van der Waals surface area contributed by atoms with Crippen LogP contribution in [-0.2, 0) is 20.9 Å². The molecule has 2 fully saturated rings. The molecule has 0 radical (unpaired) electrons. The minimum Gasteiger partial charge on any atom is -0.388 e. The van der Waals surface area contributed by atoms with Gasteiger partial charge in [-0.15, -0.1) is 0 Å². The van der Waals surface area contributed by atoms with E-state index in [1.807, 2.05) is 6.07 Å². The molecule has 1 saturated heterocycles. The second kappa shape index (κ2) is 7.90. The Balaban J connectivity index is 1.43. The number of hydrogen-bond donors (Lipinski definition) is 4. The number of rotatable bonds is 7. The number of aliphatic hydroxyl groups is 2. The van der Waals surface area contributed by atoms with E-state index in [-0.39, 0.29) is 30.7 Å². The molecule has 1 aromatic heterocycles. The third-order valence-corrected chi connectivity index (χ3v) is 4.49. The topological polar surface area (TPSA) is 121 Å². The molecule has 2 amide bonds. The maximum Gasteiger partial charge on any atom is 0.223 e. The van der Waals surface area contributed by atoms with Crippen molar-refractivity contribution in [1.29, 1.82) is 0 Å². The Kier molecular flexibility index (Phi) is 5.62. The zero-order valence-electron chi connectivity index (χ0n) is 13.8. The van der Waals surface area contributed by atoms with Crippen LogP contribution in [-0.4, -0.2) is 58.0 Å². The predicted octanol–water partition coefficient (Wildman–Crippen LogP) is -0.897. The molecule has 0 unspecified atom stereocenters. The molecule has 4 N–H and O–H groups in total. The third kappa shape index (κ3) is 4.75. The van der Waals surface area contributed by atoms with Gasteiger partial charge in [0, 0.05) is 31.4 Å². The molecule has 0 aromatic carbocycles. The first-order valence-electron chi connectivity index (χ1n) is 8.49. The number of aromatic nitrogens is 1. The normalized spacial score (nSPS) is 28.6. The van der Waals surface area contributed by atoms with Gasteiger partial charge in [-0.2, -0.15) is 0 Å². The molecule has 0 bridgehead atoms. The Morgan fingerprint density at radius 2 is 1.96 bits per heavy atom. The summed E-state index contributed by atoms with van der Waals surface area (Å²) in [5.41, 5.74) is 0.865. The summed E-state index contributed by atoms with van der Waals surface area (Å²) in [5, 5.41) is 25.6. The molecule has 1 aliphatic heterocycles. The van der Waals surface area contributed by atoms with Gasteiger partial charge in [-0.1, -0.05) is 6.07 Å². The van der Waals surface area contributed by atoms with Gasteiger partial charge in [0.1, 0.15) is 18.3 Å². The van der Waals surface area contributed by atoms with Crippen LogP contribution in [0.5, 0.6) is 0 Å². The van der Waals surface area contributed by atoms with Gasteiger partial charge < -0.3 is 25.6 Å². The number of nitrogens with one attached hydrogen (secondary N) is 2. The summed E-state index contributed by atoms with van der Waals surface area (Å²) in [5.74, 6) is -0.275. The fourth-order valence-corrected chi connectivity index (χ4v) is 2.81. The molecule has 2 heterocycles. The largest absolute Gasteiger partial charge is 0.388 e. The van der Waals surface area contributed by atoms with Gasteiger partial charge in [-0.05, 0) is 24.5 Å². The second-order valence-electron chi connectivity index (χ2n) is 6.56. The van der Waals surface area contributed by atoms with E-state index in [1.54, 1.807) is 18.5 Å². The SMILES string of the molecule is O=C(C[C@H]1O[C@H](CNC(=O)C2CC2)[C@@H](O)[C@H]1O)NCc1cccnc1. The minimum absolute atomic E-state index is 0.0528. The molecule has 0 spiro atoms. The maximum atomic E-state index is 12.0. The van der Waals surface area contributed by atoms with Gasteiger partial charge in [0.2, 0.25) is 11.8 Å². The van der Waals surface area contributed by atoms with E-state index in [0.717, 1.165) is 18.4 Å². The Morgan fingerprint density at radius 1 is 1.20 bits per heavy atom. The molecular weight excluding hydrogens is 326 g/mol. The van der Waals surface area contributed by atoms with Crippen LogP contribution in [0.3, 0.4) is 0 Å². The number of hydrogen-bond acceptors (Lipinski definition) is 6. The van der Waals surface area contributed by atoms with Crippen molar-refractivity contribution in [3.63, 3.8) is 0 Å². The predicted molar refractivity (Wildman–Crippen MR) is 87.1 cm³/mol. The number of ether oxygens (including phenoxy) is 1. The number of nitrogens with zero attached hydrogens (tertiary/aromatic N) is 1. The van der Waals surface area contributed by atoms with Gasteiger partial charge in [0.15, 0.2) is 0 Å². The highest BCUT2D eigenvalue weighted by Crippen LogP contribution is 2.29. The fraction of sp³-hybridized carbons (Fsp3) is 0.588. The fourth-order valence-electron chi connectivity index (χ4n) is 2.81. The molecule has 136 valence electrons. The molecule has 4 atom stereocenters. The Bertz CT molecular complexity index is 608. The summed E-state index contributed by atoms with van der Waals surface area (Å²) in [6, 6.07) is 3.62. The zero-order valence-corrected chi connectivity index (χ0v) is 13.8. The highest BCUT2D eigenvalue weighted by Gasteiger charge is 2.43. The van der Waals surface area contributed by atoms with E-state index in [2.05, 4.69) is 15.6 Å². The van der Waals surface area contributed by atoms with Crippen LogP contribution >= 0.6 is 0 Å². The number of amides is 2. The summed E-state index contributed by atoms with van der Waals surface area (Å²) in [7, 11) is 0. The highest BCUT2D eigenvalue weighted by atomic mass is 16.5. The Labute approximate surface area is 145 Å². The highest BCUT2D eigenvalue weighted by molar-refractivity contribution is 5.80. The Morgan fingerprint density at radius 3 is 2.64 bits per heavy atom. The number of aliphatic hydroxyl groups excluding tert-OH is 2. The van der Waals surface area contributed by atoms with E-state index in [0.29, 0.717) is 6.54 Å². The van der Waals surface area contributed by atoms with Crippen molar-refractivity contribution in [2.45, 2.75) is 50.2 Å². The average Bonchev–Trinajstić information content (AvgIpc) is 3.43. The van der Waals surface area contributed by atoms with E-state index in [1.165, 1.54) is 0 Å². The molecule has 8 heteroatoms. The summed E-state index contributed by atoms with van der Waals surface area (Å²) < 4.78 is 5.57. The Hall–Kier alpha value is -2.03. The van der Waals surface area contributed by atoms with Crippen molar-refractivity contribution in [3.8, 4) is 0 Å². The van der Waals surface area contributed by atoms with Crippen LogP contribution in [0.1, 0.15) is 24.8 Å². The van der Waals surface area contributed by atoms with Gasteiger partial charge in [0.25, 0.3) is 0 Å². The van der Waals surface area contributed by atoms with Crippen molar-refractivity contribution < 1.29 is 24.5 Å². The molecule has 2 aliphatic rings. The molecular formula is C17H23N3O5. The number of carbonyl (C=O) groups is 2. The first-order chi connectivity index (χ1) is 12.0. The molecule has 3 rings (SSSR count). The van der Waals surface area contributed by atoms with Gasteiger partial charge >= 0.3 is 0 Å². The van der Waals surface area contributed by atoms with E-state index < -0.39 is 24.4 Å². The summed E-state index contributed by atoms with van der Waals surface area (Å²) >= 11 is 0. The van der Waals surface area contributed by atoms with Crippen molar-refractivity contribution in [2.75, 3.05) is 6.54 Å². The van der Waals surface area contributed by atoms with Crippen molar-refractivity contribution in [2.24, 2.45) is 5.92 Å². The lowest BCUT2D eigenvalue weighted by atomic mass is 10.1. The van der Waals surface area contributed by atoms with E-state index >= 15 is 0 Å². The monoisotopic (exact) mass is 349 g/mol. The lowest BCUT2D eigenvalue weighted by molar-refractivity contribution is -0.126. The number of pyridine rings is 1.